The molecule has 0 atom stereocenters. The third kappa shape index (κ3) is 2.87. The van der Waals surface area contributed by atoms with Gasteiger partial charge in [-0.15, -0.1) is 0 Å². The summed E-state index contributed by atoms with van der Waals surface area (Å²) in [5.74, 6) is -2.24. The average Bonchev–Trinajstić information content (AvgIpc) is 2.78. The number of benzene rings is 1. The van der Waals surface area contributed by atoms with Crippen LogP contribution >= 0.6 is 0 Å². The smallest absolute Gasteiger partial charge is 0.263 e. The largest absolute Gasteiger partial charge is 0.408 e. The number of nitrogens with zero attached hydrogens (tertiary/aromatic N) is 2. The molecule has 0 aliphatic heterocycles. The van der Waals surface area contributed by atoms with Crippen molar-refractivity contribution in [2.24, 2.45) is 0 Å². The van der Waals surface area contributed by atoms with Crippen LogP contribution in [0.25, 0.3) is 17.2 Å². The molecule has 2 rings (SSSR count). The first-order valence-electron chi connectivity index (χ1n) is 5.52. The highest BCUT2D eigenvalue weighted by Gasteiger charge is 2.28. The highest BCUT2D eigenvalue weighted by molar-refractivity contribution is 5.65. The van der Waals surface area contributed by atoms with E-state index in [0.717, 1.165) is 18.5 Å². The first kappa shape index (κ1) is 14.2. The van der Waals surface area contributed by atoms with Crippen LogP contribution < -0.4 is 0 Å². The summed E-state index contributed by atoms with van der Waals surface area (Å²) in [5, 5.41) is 3.48. The second kappa shape index (κ2) is 5.07. The van der Waals surface area contributed by atoms with E-state index in [2.05, 4.69) is 11.7 Å². The summed E-state index contributed by atoms with van der Waals surface area (Å²) in [6.45, 7) is 2.04. The van der Waals surface area contributed by atoms with Gasteiger partial charge >= 0.3 is 6.18 Å². The van der Waals surface area contributed by atoms with Crippen LogP contribution in [0.15, 0.2) is 31.1 Å². The fourth-order valence-electron chi connectivity index (χ4n) is 1.72. The number of rotatable bonds is 3. The van der Waals surface area contributed by atoms with E-state index in [1.165, 1.54) is 12.1 Å². The molecule has 0 aliphatic carbocycles. The van der Waals surface area contributed by atoms with E-state index in [4.69, 9.17) is 0 Å². The lowest BCUT2D eigenvalue weighted by Crippen LogP contribution is -2.17. The van der Waals surface area contributed by atoms with Crippen molar-refractivity contribution in [2.45, 2.75) is 12.7 Å². The monoisotopic (exact) mass is 288 g/mol. The van der Waals surface area contributed by atoms with Crippen molar-refractivity contribution in [1.29, 1.82) is 0 Å². The summed E-state index contributed by atoms with van der Waals surface area (Å²) in [7, 11) is 0. The van der Waals surface area contributed by atoms with Gasteiger partial charge in [0.2, 0.25) is 0 Å². The molecule has 0 radical (unpaired) electrons. The van der Waals surface area contributed by atoms with Gasteiger partial charge in [0.05, 0.1) is 6.20 Å². The molecule has 0 fully saturated rings. The Kier molecular flexibility index (Phi) is 3.61. The Labute approximate surface area is 111 Å². The molecule has 0 bridgehead atoms. The van der Waals surface area contributed by atoms with E-state index in [0.29, 0.717) is 4.68 Å². The molecule has 7 heteroatoms. The Hall–Kier alpha value is -2.18. The van der Waals surface area contributed by atoms with Gasteiger partial charge in [0.25, 0.3) is 0 Å². The predicted octanol–water partition coefficient (Wildman–Crippen LogP) is 4.03. The van der Waals surface area contributed by atoms with Crippen molar-refractivity contribution in [3.8, 4) is 11.1 Å². The second-order valence-electron chi connectivity index (χ2n) is 4.08. The zero-order valence-corrected chi connectivity index (χ0v) is 10.1. The molecule has 0 amide bonds. The summed E-state index contributed by atoms with van der Waals surface area (Å²) in [6, 6.07) is 2.56. The fourth-order valence-corrected chi connectivity index (χ4v) is 1.72. The first-order valence-corrected chi connectivity index (χ1v) is 5.52. The lowest BCUT2D eigenvalue weighted by atomic mass is 10.1. The van der Waals surface area contributed by atoms with Crippen molar-refractivity contribution in [3.05, 3.63) is 48.3 Å². The van der Waals surface area contributed by atoms with Gasteiger partial charge in [-0.25, -0.2) is 8.78 Å². The fraction of sp³-hybridized carbons (Fsp3) is 0.154. The molecule has 0 saturated carbocycles. The number of halogens is 5. The van der Waals surface area contributed by atoms with E-state index >= 15 is 0 Å². The Balaban J connectivity index is 2.38. The Morgan fingerprint density at radius 2 is 1.90 bits per heavy atom. The molecular weight excluding hydrogens is 279 g/mol. The van der Waals surface area contributed by atoms with Gasteiger partial charge in [-0.2, -0.15) is 18.3 Å². The third-order valence-electron chi connectivity index (χ3n) is 2.62. The van der Waals surface area contributed by atoms with Crippen LogP contribution in [0.4, 0.5) is 22.0 Å². The third-order valence-corrected chi connectivity index (χ3v) is 2.62. The van der Waals surface area contributed by atoms with Gasteiger partial charge in [0.1, 0.15) is 6.54 Å². The van der Waals surface area contributed by atoms with E-state index in [1.54, 1.807) is 0 Å². The van der Waals surface area contributed by atoms with Crippen LogP contribution in [-0.2, 0) is 6.54 Å². The van der Waals surface area contributed by atoms with E-state index < -0.39 is 24.4 Å². The lowest BCUT2D eigenvalue weighted by molar-refractivity contribution is -0.142. The minimum atomic E-state index is -4.43. The maximum Gasteiger partial charge on any atom is 0.408 e. The van der Waals surface area contributed by atoms with Gasteiger partial charge < -0.3 is 0 Å². The van der Waals surface area contributed by atoms with Crippen molar-refractivity contribution in [3.63, 3.8) is 0 Å². The van der Waals surface area contributed by atoms with E-state index in [-0.39, 0.29) is 16.7 Å². The minimum absolute atomic E-state index is 0.0195. The molecule has 0 aliphatic rings. The SMILES string of the molecule is C=Cc1ccc(-c2cnn(CC(F)(F)F)c2)c(F)c1F. The standard InChI is InChI=1S/C13H9F5N2/c1-2-8-3-4-10(12(15)11(8)14)9-5-19-20(6-9)7-13(16,17)18/h2-6H,1,7H2. The lowest BCUT2D eigenvalue weighted by Gasteiger charge is -2.06. The van der Waals surface area contributed by atoms with Crippen molar-refractivity contribution >= 4 is 6.08 Å². The zero-order chi connectivity index (χ0) is 14.9. The maximum absolute atomic E-state index is 13.8. The quantitative estimate of drug-likeness (QED) is 0.780. The number of hydrogen-bond acceptors (Lipinski definition) is 1. The highest BCUT2D eigenvalue weighted by Crippen LogP contribution is 2.27. The molecule has 2 aromatic rings. The minimum Gasteiger partial charge on any atom is -0.263 e. The second-order valence-corrected chi connectivity index (χ2v) is 4.08. The van der Waals surface area contributed by atoms with E-state index in [9.17, 15) is 22.0 Å². The van der Waals surface area contributed by atoms with Gasteiger partial charge in [-0.3, -0.25) is 4.68 Å². The normalized spacial score (nSPS) is 11.7. The van der Waals surface area contributed by atoms with Crippen LogP contribution in [0.1, 0.15) is 5.56 Å². The molecule has 0 unspecified atom stereocenters. The predicted molar refractivity (Wildman–Crippen MR) is 63.7 cm³/mol. The summed E-state index contributed by atoms with van der Waals surface area (Å²) < 4.78 is 64.6. The van der Waals surface area contributed by atoms with Gasteiger partial charge in [0.15, 0.2) is 11.6 Å². The topological polar surface area (TPSA) is 17.8 Å². The number of aromatic nitrogens is 2. The number of alkyl halides is 3. The van der Waals surface area contributed by atoms with Crippen LogP contribution in [0.2, 0.25) is 0 Å². The van der Waals surface area contributed by atoms with Crippen LogP contribution in [0, 0.1) is 11.6 Å². The molecule has 20 heavy (non-hydrogen) atoms. The molecule has 0 spiro atoms. The summed E-state index contributed by atoms with van der Waals surface area (Å²) in [5.41, 5.74) is -0.100. The maximum atomic E-state index is 13.8. The van der Waals surface area contributed by atoms with E-state index in [1.807, 2.05) is 0 Å². The molecule has 1 aromatic carbocycles. The van der Waals surface area contributed by atoms with Crippen LogP contribution in [0.5, 0.6) is 0 Å². The molecule has 1 heterocycles. The molecule has 0 saturated heterocycles. The summed E-state index contributed by atoms with van der Waals surface area (Å²) in [4.78, 5) is 0. The molecule has 1 aromatic heterocycles. The Morgan fingerprint density at radius 3 is 2.50 bits per heavy atom. The Bertz CT molecular complexity index is 643. The first-order chi connectivity index (χ1) is 9.31. The molecule has 106 valence electrons. The van der Waals surface area contributed by atoms with Crippen LogP contribution in [-0.4, -0.2) is 16.0 Å². The molecular formula is C13H9F5N2. The van der Waals surface area contributed by atoms with Crippen molar-refractivity contribution in [2.75, 3.05) is 0 Å². The van der Waals surface area contributed by atoms with Crippen LogP contribution in [0.3, 0.4) is 0 Å². The highest BCUT2D eigenvalue weighted by atomic mass is 19.4. The number of hydrogen-bond donors (Lipinski definition) is 0. The van der Waals surface area contributed by atoms with Gasteiger partial charge in [-0.1, -0.05) is 24.8 Å². The summed E-state index contributed by atoms with van der Waals surface area (Å²) >= 11 is 0. The van der Waals surface area contributed by atoms with Gasteiger partial charge in [0, 0.05) is 22.9 Å². The summed E-state index contributed by atoms with van der Waals surface area (Å²) in [6.07, 6.45) is -1.22. The Morgan fingerprint density at radius 1 is 1.20 bits per heavy atom. The molecule has 2 nitrogen and oxygen atoms in total. The zero-order valence-electron chi connectivity index (χ0n) is 10.1. The molecule has 0 N–H and O–H groups in total. The van der Waals surface area contributed by atoms with Crippen molar-refractivity contribution in [1.82, 2.24) is 9.78 Å². The van der Waals surface area contributed by atoms with Gasteiger partial charge in [-0.05, 0) is 0 Å². The average molecular weight is 288 g/mol. The van der Waals surface area contributed by atoms with Crippen molar-refractivity contribution < 1.29 is 22.0 Å².